The van der Waals surface area contributed by atoms with Crippen molar-refractivity contribution in [2.75, 3.05) is 17.2 Å². The van der Waals surface area contributed by atoms with E-state index in [2.05, 4.69) is 21.8 Å². The zero-order chi connectivity index (χ0) is 10.8. The average Bonchev–Trinajstić information content (AvgIpc) is 2.23. The van der Waals surface area contributed by atoms with Crippen LogP contribution in [0.25, 0.3) is 0 Å². The summed E-state index contributed by atoms with van der Waals surface area (Å²) in [5.41, 5.74) is 6.37. The topological polar surface area (TPSA) is 55.0 Å². The summed E-state index contributed by atoms with van der Waals surface area (Å²) in [6.45, 7) is 3.19. The fourth-order valence-electron chi connectivity index (χ4n) is 2.01. The van der Waals surface area contributed by atoms with Crippen molar-refractivity contribution < 1.29 is 0 Å². The summed E-state index contributed by atoms with van der Waals surface area (Å²) in [5, 5.41) is 0.345. The lowest BCUT2D eigenvalue weighted by molar-refractivity contribution is 0.481. The number of halogens is 1. The number of rotatable bonds is 1. The van der Waals surface area contributed by atoms with Crippen molar-refractivity contribution in [3.63, 3.8) is 0 Å². The van der Waals surface area contributed by atoms with Gasteiger partial charge in [-0.05, 0) is 26.2 Å². The Morgan fingerprint density at radius 3 is 3.00 bits per heavy atom. The third-order valence-electron chi connectivity index (χ3n) is 2.89. The molecule has 4 nitrogen and oxygen atoms in total. The van der Waals surface area contributed by atoms with E-state index in [1.54, 1.807) is 0 Å². The molecule has 15 heavy (non-hydrogen) atoms. The van der Waals surface area contributed by atoms with Crippen LogP contribution in [0.4, 0.5) is 11.5 Å². The Hall–Kier alpha value is -1.03. The minimum Gasteiger partial charge on any atom is -0.393 e. The highest BCUT2D eigenvalue weighted by molar-refractivity contribution is 6.32. The van der Waals surface area contributed by atoms with E-state index >= 15 is 0 Å². The second-order valence-corrected chi connectivity index (χ2v) is 4.30. The Bertz CT molecular complexity index is 355. The third-order valence-corrected chi connectivity index (χ3v) is 3.19. The van der Waals surface area contributed by atoms with Gasteiger partial charge in [-0.15, -0.1) is 0 Å². The number of nitrogens with two attached hydrogens (primary N) is 1. The molecule has 0 aliphatic carbocycles. The second kappa shape index (κ2) is 4.23. The SMILES string of the molecule is CC1CCCCN1c1ncnc(Cl)c1N. The van der Waals surface area contributed by atoms with Crippen LogP contribution in [0.3, 0.4) is 0 Å². The van der Waals surface area contributed by atoms with Crippen LogP contribution in [-0.4, -0.2) is 22.6 Å². The predicted molar refractivity (Wildman–Crippen MR) is 62.1 cm³/mol. The van der Waals surface area contributed by atoms with Crippen LogP contribution in [0.15, 0.2) is 6.33 Å². The van der Waals surface area contributed by atoms with Gasteiger partial charge in [-0.3, -0.25) is 0 Å². The Labute approximate surface area is 94.5 Å². The molecule has 82 valence electrons. The van der Waals surface area contributed by atoms with Crippen molar-refractivity contribution in [2.45, 2.75) is 32.2 Å². The van der Waals surface area contributed by atoms with Crippen LogP contribution in [0.2, 0.25) is 5.15 Å². The lowest BCUT2D eigenvalue weighted by atomic mass is 10.0. The molecule has 2 N–H and O–H groups in total. The molecule has 1 unspecified atom stereocenters. The van der Waals surface area contributed by atoms with Gasteiger partial charge in [0.15, 0.2) is 11.0 Å². The van der Waals surface area contributed by atoms with E-state index in [9.17, 15) is 0 Å². The first-order chi connectivity index (χ1) is 7.20. The monoisotopic (exact) mass is 226 g/mol. The average molecular weight is 227 g/mol. The maximum Gasteiger partial charge on any atom is 0.157 e. The van der Waals surface area contributed by atoms with Gasteiger partial charge in [-0.25, -0.2) is 9.97 Å². The number of hydrogen-bond acceptors (Lipinski definition) is 4. The molecule has 0 radical (unpaired) electrons. The normalized spacial score (nSPS) is 21.7. The number of aromatic nitrogens is 2. The highest BCUT2D eigenvalue weighted by Gasteiger charge is 2.22. The Kier molecular flexibility index (Phi) is 2.95. The molecule has 0 spiro atoms. The third kappa shape index (κ3) is 2.00. The summed E-state index contributed by atoms with van der Waals surface area (Å²) in [6, 6.07) is 0.479. The van der Waals surface area contributed by atoms with Crippen molar-refractivity contribution in [3.8, 4) is 0 Å². The van der Waals surface area contributed by atoms with Gasteiger partial charge in [0.25, 0.3) is 0 Å². The zero-order valence-electron chi connectivity index (χ0n) is 8.78. The second-order valence-electron chi connectivity index (χ2n) is 3.94. The molecule has 5 heteroatoms. The van der Waals surface area contributed by atoms with E-state index in [4.69, 9.17) is 17.3 Å². The largest absolute Gasteiger partial charge is 0.393 e. The van der Waals surface area contributed by atoms with Gasteiger partial charge in [0.2, 0.25) is 0 Å². The highest BCUT2D eigenvalue weighted by atomic mass is 35.5. The van der Waals surface area contributed by atoms with E-state index < -0.39 is 0 Å². The zero-order valence-corrected chi connectivity index (χ0v) is 9.54. The summed E-state index contributed by atoms with van der Waals surface area (Å²) in [5.74, 6) is 0.780. The van der Waals surface area contributed by atoms with Crippen LogP contribution in [0, 0.1) is 0 Å². The molecular weight excluding hydrogens is 212 g/mol. The van der Waals surface area contributed by atoms with E-state index in [1.165, 1.54) is 25.6 Å². The number of anilines is 2. The Morgan fingerprint density at radius 2 is 2.27 bits per heavy atom. The number of piperidine rings is 1. The molecule has 0 aromatic carbocycles. The quantitative estimate of drug-likeness (QED) is 0.745. The van der Waals surface area contributed by atoms with Crippen LogP contribution in [0.1, 0.15) is 26.2 Å². The minimum atomic E-state index is 0.345. The molecule has 1 aliphatic heterocycles. The maximum absolute atomic E-state index is 5.88. The highest BCUT2D eigenvalue weighted by Crippen LogP contribution is 2.30. The summed E-state index contributed by atoms with van der Waals surface area (Å²) in [6.07, 6.45) is 5.11. The van der Waals surface area contributed by atoms with Crippen LogP contribution < -0.4 is 10.6 Å². The minimum absolute atomic E-state index is 0.345. The van der Waals surface area contributed by atoms with Gasteiger partial charge in [0.05, 0.1) is 0 Å². The smallest absolute Gasteiger partial charge is 0.157 e. The maximum atomic E-state index is 5.88. The molecule has 1 aliphatic rings. The summed E-state index contributed by atoms with van der Waals surface area (Å²) < 4.78 is 0. The molecule has 2 heterocycles. The van der Waals surface area contributed by atoms with Gasteiger partial charge >= 0.3 is 0 Å². The summed E-state index contributed by atoms with van der Waals surface area (Å²) >= 11 is 5.88. The number of nitrogens with zero attached hydrogens (tertiary/aromatic N) is 3. The fourth-order valence-corrected chi connectivity index (χ4v) is 2.14. The van der Waals surface area contributed by atoms with Gasteiger partial charge in [-0.1, -0.05) is 11.6 Å². The van der Waals surface area contributed by atoms with Gasteiger partial charge in [0, 0.05) is 12.6 Å². The van der Waals surface area contributed by atoms with Crippen LogP contribution in [0.5, 0.6) is 0 Å². The first-order valence-electron chi connectivity index (χ1n) is 5.22. The number of hydrogen-bond donors (Lipinski definition) is 1. The van der Waals surface area contributed by atoms with Crippen molar-refractivity contribution in [1.29, 1.82) is 0 Å². The molecular formula is C10H15ClN4. The first-order valence-corrected chi connectivity index (χ1v) is 5.60. The molecule has 1 saturated heterocycles. The Morgan fingerprint density at radius 1 is 1.47 bits per heavy atom. The molecule has 0 saturated carbocycles. The standard InChI is InChI=1S/C10H15ClN4/c1-7-4-2-3-5-15(7)10-8(12)9(11)13-6-14-10/h6-7H,2-5,12H2,1H3. The number of nitrogen functional groups attached to an aromatic ring is 1. The summed E-state index contributed by atoms with van der Waals surface area (Å²) in [4.78, 5) is 10.3. The van der Waals surface area contributed by atoms with Gasteiger partial charge in [0.1, 0.15) is 12.0 Å². The molecule has 1 aromatic rings. The lowest BCUT2D eigenvalue weighted by Gasteiger charge is -2.34. The van der Waals surface area contributed by atoms with Crippen molar-refractivity contribution in [1.82, 2.24) is 9.97 Å². The van der Waals surface area contributed by atoms with E-state index in [1.807, 2.05) is 0 Å². The van der Waals surface area contributed by atoms with E-state index in [0.29, 0.717) is 16.9 Å². The lowest BCUT2D eigenvalue weighted by Crippen LogP contribution is -2.38. The fraction of sp³-hybridized carbons (Fsp3) is 0.600. The first kappa shape index (κ1) is 10.5. The van der Waals surface area contributed by atoms with E-state index in [0.717, 1.165) is 12.4 Å². The predicted octanol–water partition coefficient (Wildman–Crippen LogP) is 2.09. The van der Waals surface area contributed by atoms with Crippen molar-refractivity contribution in [3.05, 3.63) is 11.5 Å². The van der Waals surface area contributed by atoms with Gasteiger partial charge in [-0.2, -0.15) is 0 Å². The molecule has 1 fully saturated rings. The van der Waals surface area contributed by atoms with Crippen molar-refractivity contribution >= 4 is 23.1 Å². The molecule has 1 atom stereocenters. The Balaban J connectivity index is 2.31. The summed E-state index contributed by atoms with van der Waals surface area (Å²) in [7, 11) is 0. The molecule has 2 rings (SSSR count). The van der Waals surface area contributed by atoms with Crippen molar-refractivity contribution in [2.24, 2.45) is 0 Å². The van der Waals surface area contributed by atoms with Crippen LogP contribution in [-0.2, 0) is 0 Å². The molecule has 0 amide bonds. The molecule has 1 aromatic heterocycles. The van der Waals surface area contributed by atoms with Gasteiger partial charge < -0.3 is 10.6 Å². The van der Waals surface area contributed by atoms with E-state index in [-0.39, 0.29) is 0 Å². The molecule has 0 bridgehead atoms. The van der Waals surface area contributed by atoms with Crippen LogP contribution >= 0.6 is 11.6 Å².